The highest BCUT2D eigenvalue weighted by atomic mass is 19.1. The number of benzene rings is 1. The van der Waals surface area contributed by atoms with E-state index >= 15 is 0 Å². The van der Waals surface area contributed by atoms with Crippen molar-refractivity contribution in [2.75, 3.05) is 6.54 Å². The average Bonchev–Trinajstić information content (AvgIpc) is 3.26. The van der Waals surface area contributed by atoms with Gasteiger partial charge in [0.1, 0.15) is 11.6 Å². The third-order valence-electron chi connectivity index (χ3n) is 4.84. The van der Waals surface area contributed by atoms with E-state index in [0.29, 0.717) is 13.1 Å². The molecule has 2 aromatic rings. The maximum absolute atomic E-state index is 13.3. The van der Waals surface area contributed by atoms with Crippen molar-refractivity contribution in [2.24, 2.45) is 5.92 Å². The first-order valence-corrected chi connectivity index (χ1v) is 8.12. The normalized spacial score (nSPS) is 22.8. The molecule has 120 valence electrons. The Bertz CT molecular complexity index is 757. The number of hydrogen-bond acceptors (Lipinski definition) is 3. The number of rotatable bonds is 3. The minimum Gasteiger partial charge on any atom is -0.333 e. The van der Waals surface area contributed by atoms with Crippen LogP contribution in [-0.4, -0.2) is 32.1 Å². The molecule has 0 radical (unpaired) electrons. The lowest BCUT2D eigenvalue weighted by atomic mass is 10.1. The van der Waals surface area contributed by atoms with E-state index in [1.54, 1.807) is 6.07 Å². The van der Waals surface area contributed by atoms with E-state index < -0.39 is 0 Å². The maximum atomic E-state index is 13.3. The molecule has 2 aliphatic rings. The topological polar surface area (TPSA) is 51.0 Å². The van der Waals surface area contributed by atoms with Crippen molar-refractivity contribution in [3.05, 3.63) is 47.3 Å². The SMILES string of the molecule is CCc1nnc2n1CCN(C(=O)[C@H]1C[C@@H]1c1cccc(F)c1)C2. The summed E-state index contributed by atoms with van der Waals surface area (Å²) in [5, 5.41) is 8.37. The second kappa shape index (κ2) is 5.44. The summed E-state index contributed by atoms with van der Waals surface area (Å²) in [6.45, 7) is 4.04. The van der Waals surface area contributed by atoms with Gasteiger partial charge < -0.3 is 9.47 Å². The van der Waals surface area contributed by atoms with E-state index in [1.807, 2.05) is 11.0 Å². The average molecular weight is 314 g/mol. The number of hydrogen-bond donors (Lipinski definition) is 0. The predicted octanol–water partition coefficient (Wildman–Crippen LogP) is 2.13. The quantitative estimate of drug-likeness (QED) is 0.872. The Kier molecular flexibility index (Phi) is 3.39. The Morgan fingerprint density at radius 1 is 1.35 bits per heavy atom. The van der Waals surface area contributed by atoms with Gasteiger partial charge in [0.15, 0.2) is 5.82 Å². The van der Waals surface area contributed by atoms with Crippen molar-refractivity contribution in [3.63, 3.8) is 0 Å². The molecule has 0 N–H and O–H groups in total. The monoisotopic (exact) mass is 314 g/mol. The van der Waals surface area contributed by atoms with E-state index in [0.717, 1.165) is 36.6 Å². The van der Waals surface area contributed by atoms with E-state index in [4.69, 9.17) is 0 Å². The number of aryl methyl sites for hydroxylation is 1. The van der Waals surface area contributed by atoms with Gasteiger partial charge in [-0.25, -0.2) is 4.39 Å². The van der Waals surface area contributed by atoms with Gasteiger partial charge in [0.25, 0.3) is 0 Å². The van der Waals surface area contributed by atoms with Crippen LogP contribution in [0.1, 0.15) is 36.5 Å². The van der Waals surface area contributed by atoms with Crippen LogP contribution in [0.2, 0.25) is 0 Å². The van der Waals surface area contributed by atoms with Crippen molar-refractivity contribution in [1.82, 2.24) is 19.7 Å². The molecule has 0 spiro atoms. The first kappa shape index (κ1) is 14.4. The van der Waals surface area contributed by atoms with Crippen LogP contribution in [0.4, 0.5) is 4.39 Å². The van der Waals surface area contributed by atoms with Crippen LogP contribution < -0.4 is 0 Å². The summed E-state index contributed by atoms with van der Waals surface area (Å²) in [6.07, 6.45) is 1.66. The highest BCUT2D eigenvalue weighted by Gasteiger charge is 2.46. The number of carbonyl (C=O) groups is 1. The Morgan fingerprint density at radius 2 is 2.22 bits per heavy atom. The minimum atomic E-state index is -0.237. The lowest BCUT2D eigenvalue weighted by Crippen LogP contribution is -2.39. The minimum absolute atomic E-state index is 0.0167. The Hall–Kier alpha value is -2.24. The van der Waals surface area contributed by atoms with Crippen molar-refractivity contribution in [3.8, 4) is 0 Å². The lowest BCUT2D eigenvalue weighted by molar-refractivity contribution is -0.134. The number of nitrogens with zero attached hydrogens (tertiary/aromatic N) is 4. The molecule has 4 rings (SSSR count). The molecule has 6 heteroatoms. The summed E-state index contributed by atoms with van der Waals surface area (Å²) in [7, 11) is 0. The molecule has 2 atom stereocenters. The van der Waals surface area contributed by atoms with Gasteiger partial charge in [-0.15, -0.1) is 10.2 Å². The summed E-state index contributed by atoms with van der Waals surface area (Å²) < 4.78 is 15.4. The van der Waals surface area contributed by atoms with E-state index in [1.165, 1.54) is 12.1 Å². The number of aromatic nitrogens is 3. The smallest absolute Gasteiger partial charge is 0.226 e. The molecule has 1 fully saturated rings. The number of halogens is 1. The zero-order valence-electron chi connectivity index (χ0n) is 13.1. The lowest BCUT2D eigenvalue weighted by Gasteiger charge is -2.28. The van der Waals surface area contributed by atoms with Crippen molar-refractivity contribution in [1.29, 1.82) is 0 Å². The summed E-state index contributed by atoms with van der Waals surface area (Å²) in [5.74, 6) is 1.91. The van der Waals surface area contributed by atoms with Gasteiger partial charge in [-0.05, 0) is 30.0 Å². The van der Waals surface area contributed by atoms with Crippen molar-refractivity contribution >= 4 is 5.91 Å². The van der Waals surface area contributed by atoms with Gasteiger partial charge in [-0.1, -0.05) is 19.1 Å². The van der Waals surface area contributed by atoms with Crippen LogP contribution >= 0.6 is 0 Å². The molecule has 0 bridgehead atoms. The molecule has 0 saturated heterocycles. The highest BCUT2D eigenvalue weighted by molar-refractivity contribution is 5.83. The van der Waals surface area contributed by atoms with E-state index in [2.05, 4.69) is 21.7 Å². The molecule has 2 heterocycles. The van der Waals surface area contributed by atoms with Gasteiger partial charge in [0, 0.05) is 25.4 Å². The van der Waals surface area contributed by atoms with Gasteiger partial charge in [0.2, 0.25) is 5.91 Å². The zero-order valence-corrected chi connectivity index (χ0v) is 13.1. The van der Waals surface area contributed by atoms with Crippen molar-refractivity contribution < 1.29 is 9.18 Å². The molecule has 1 aromatic heterocycles. The predicted molar refractivity (Wildman–Crippen MR) is 82.1 cm³/mol. The van der Waals surface area contributed by atoms with Crippen LogP contribution in [0.5, 0.6) is 0 Å². The largest absolute Gasteiger partial charge is 0.333 e. The van der Waals surface area contributed by atoms with Crippen molar-refractivity contribution in [2.45, 2.75) is 38.8 Å². The fourth-order valence-electron chi connectivity index (χ4n) is 3.48. The van der Waals surface area contributed by atoms with Crippen LogP contribution in [0.3, 0.4) is 0 Å². The van der Waals surface area contributed by atoms with Gasteiger partial charge in [0.05, 0.1) is 6.54 Å². The van der Waals surface area contributed by atoms with E-state index in [-0.39, 0.29) is 23.6 Å². The van der Waals surface area contributed by atoms with Crippen LogP contribution in [0.25, 0.3) is 0 Å². The fourth-order valence-corrected chi connectivity index (χ4v) is 3.48. The summed E-state index contributed by atoms with van der Waals surface area (Å²) in [6, 6.07) is 6.59. The number of fused-ring (bicyclic) bond motifs is 1. The van der Waals surface area contributed by atoms with Crippen LogP contribution in [0, 0.1) is 11.7 Å². The summed E-state index contributed by atoms with van der Waals surface area (Å²) in [5.41, 5.74) is 0.928. The van der Waals surface area contributed by atoms with E-state index in [9.17, 15) is 9.18 Å². The zero-order chi connectivity index (χ0) is 16.0. The fraction of sp³-hybridized carbons (Fsp3) is 0.471. The molecule has 5 nitrogen and oxygen atoms in total. The van der Waals surface area contributed by atoms with Crippen LogP contribution in [-0.2, 0) is 24.3 Å². The molecule has 1 amide bonds. The molecular weight excluding hydrogens is 295 g/mol. The Balaban J connectivity index is 1.45. The number of amides is 1. The first-order valence-electron chi connectivity index (χ1n) is 8.12. The molecule has 1 aliphatic heterocycles. The molecule has 23 heavy (non-hydrogen) atoms. The third kappa shape index (κ3) is 2.52. The molecular formula is C17H19FN4O. The summed E-state index contributed by atoms with van der Waals surface area (Å²) >= 11 is 0. The standard InChI is InChI=1S/C17H19FN4O/c1-2-15-19-20-16-10-21(6-7-22(15)16)17(23)14-9-13(14)11-4-3-5-12(18)8-11/h3-5,8,13-14H,2,6-7,9-10H2,1H3/t13-,14+/m1/s1. The first-order chi connectivity index (χ1) is 11.2. The molecule has 1 aliphatic carbocycles. The molecule has 1 aromatic carbocycles. The van der Waals surface area contributed by atoms with Gasteiger partial charge in [-0.2, -0.15) is 0 Å². The maximum Gasteiger partial charge on any atom is 0.226 e. The molecule has 0 unspecified atom stereocenters. The Morgan fingerprint density at radius 3 is 3.00 bits per heavy atom. The second-order valence-corrected chi connectivity index (χ2v) is 6.30. The summed E-state index contributed by atoms with van der Waals surface area (Å²) in [4.78, 5) is 14.6. The Labute approximate surface area is 134 Å². The second-order valence-electron chi connectivity index (χ2n) is 6.30. The highest BCUT2D eigenvalue weighted by Crippen LogP contribution is 2.48. The third-order valence-corrected chi connectivity index (χ3v) is 4.84. The van der Waals surface area contributed by atoms with Gasteiger partial charge >= 0.3 is 0 Å². The molecule has 1 saturated carbocycles. The van der Waals surface area contributed by atoms with Gasteiger partial charge in [-0.3, -0.25) is 4.79 Å². The number of carbonyl (C=O) groups excluding carboxylic acids is 1. The van der Waals surface area contributed by atoms with Crippen LogP contribution in [0.15, 0.2) is 24.3 Å².